The van der Waals surface area contributed by atoms with Crippen LogP contribution in [-0.4, -0.2) is 32.8 Å². The summed E-state index contributed by atoms with van der Waals surface area (Å²) in [7, 11) is 0. The van der Waals surface area contributed by atoms with Crippen molar-refractivity contribution in [3.63, 3.8) is 0 Å². The van der Waals surface area contributed by atoms with Crippen LogP contribution in [0.2, 0.25) is 0 Å². The van der Waals surface area contributed by atoms with Crippen LogP contribution < -0.4 is 0 Å². The monoisotopic (exact) mass is 279 g/mol. The van der Waals surface area contributed by atoms with E-state index in [1.54, 1.807) is 11.3 Å². The second kappa shape index (κ2) is 5.03. The first kappa shape index (κ1) is 12.8. The first-order valence-electron chi connectivity index (χ1n) is 6.39. The molecule has 1 aliphatic rings. The van der Waals surface area contributed by atoms with E-state index in [0.29, 0.717) is 24.7 Å². The number of aliphatic hydroxyl groups excluding tert-OH is 1. The van der Waals surface area contributed by atoms with Gasteiger partial charge in [-0.3, -0.25) is 4.90 Å². The molecule has 1 saturated heterocycles. The minimum absolute atomic E-state index is 0.0256. The van der Waals surface area contributed by atoms with Gasteiger partial charge in [-0.25, -0.2) is 0 Å². The maximum Gasteiger partial charge on any atom is 0.244 e. The Balaban J connectivity index is 1.81. The average Bonchev–Trinajstić information content (AvgIpc) is 3.03. The van der Waals surface area contributed by atoms with Crippen molar-refractivity contribution in [1.82, 2.24) is 15.0 Å². The van der Waals surface area contributed by atoms with Crippen LogP contribution in [0.3, 0.4) is 0 Å². The number of thiophene rings is 1. The Morgan fingerprint density at radius 2 is 2.37 bits per heavy atom. The summed E-state index contributed by atoms with van der Waals surface area (Å²) >= 11 is 1.75. The van der Waals surface area contributed by atoms with Crippen LogP contribution in [0.4, 0.5) is 0 Å². The number of aliphatic hydroxyl groups is 1. The fraction of sp³-hybridized carbons (Fsp3) is 0.538. The summed E-state index contributed by atoms with van der Waals surface area (Å²) in [6, 6.07) is 2.15. The maximum absolute atomic E-state index is 9.91. The summed E-state index contributed by atoms with van der Waals surface area (Å²) in [5, 5.41) is 15.9. The lowest BCUT2D eigenvalue weighted by molar-refractivity contribution is 0.170. The molecular formula is C13H17N3O2S. The van der Waals surface area contributed by atoms with E-state index in [1.807, 2.05) is 6.92 Å². The van der Waals surface area contributed by atoms with Crippen molar-refractivity contribution in [1.29, 1.82) is 0 Å². The van der Waals surface area contributed by atoms with Crippen molar-refractivity contribution in [3.8, 4) is 0 Å². The summed E-state index contributed by atoms with van der Waals surface area (Å²) < 4.78 is 5.27. The molecule has 19 heavy (non-hydrogen) atoms. The highest BCUT2D eigenvalue weighted by molar-refractivity contribution is 7.10. The molecule has 0 radical (unpaired) electrons. The third kappa shape index (κ3) is 2.56. The van der Waals surface area contributed by atoms with E-state index in [1.165, 1.54) is 10.4 Å². The minimum atomic E-state index is -0.322. The highest BCUT2D eigenvalue weighted by atomic mass is 32.1. The first-order valence-corrected chi connectivity index (χ1v) is 7.26. The quantitative estimate of drug-likeness (QED) is 0.931. The Morgan fingerprint density at radius 3 is 3.00 bits per heavy atom. The van der Waals surface area contributed by atoms with Gasteiger partial charge in [0, 0.05) is 18.0 Å². The molecule has 1 aliphatic heterocycles. The van der Waals surface area contributed by atoms with Crippen molar-refractivity contribution in [2.45, 2.75) is 39.0 Å². The van der Waals surface area contributed by atoms with Gasteiger partial charge < -0.3 is 9.63 Å². The number of rotatable bonds is 3. The summed E-state index contributed by atoms with van der Waals surface area (Å²) in [5.41, 5.74) is 1.30. The van der Waals surface area contributed by atoms with E-state index in [9.17, 15) is 5.11 Å². The summed E-state index contributed by atoms with van der Waals surface area (Å²) in [6.45, 7) is 5.41. The standard InChI is InChI=1S/C13H17N3O2S/c1-8-3-4-19-12(8)7-16-6-10(17)5-11(16)13-14-9(2)15-18-13/h3-4,10-11,17H,5-7H2,1-2H3/t10-,11-/m1/s1. The lowest BCUT2D eigenvalue weighted by Crippen LogP contribution is -2.24. The van der Waals surface area contributed by atoms with Gasteiger partial charge in [-0.15, -0.1) is 11.3 Å². The number of aromatic nitrogens is 2. The van der Waals surface area contributed by atoms with Crippen molar-refractivity contribution in [2.75, 3.05) is 6.54 Å². The molecule has 102 valence electrons. The number of hydrogen-bond donors (Lipinski definition) is 1. The molecule has 2 aromatic heterocycles. The summed E-state index contributed by atoms with van der Waals surface area (Å²) in [4.78, 5) is 7.85. The van der Waals surface area contributed by atoms with E-state index < -0.39 is 0 Å². The molecule has 0 bridgehead atoms. The van der Waals surface area contributed by atoms with Gasteiger partial charge in [0.05, 0.1) is 12.1 Å². The topological polar surface area (TPSA) is 62.4 Å². The molecule has 2 aromatic rings. The Labute approximate surface area is 115 Å². The van der Waals surface area contributed by atoms with Gasteiger partial charge in [-0.2, -0.15) is 4.98 Å². The molecule has 0 saturated carbocycles. The molecule has 3 heterocycles. The van der Waals surface area contributed by atoms with Crippen LogP contribution in [-0.2, 0) is 6.54 Å². The predicted octanol–water partition coefficient (Wildman–Crippen LogP) is 2.06. The van der Waals surface area contributed by atoms with E-state index in [4.69, 9.17) is 4.52 Å². The SMILES string of the molecule is Cc1noc([C@H]2C[C@@H](O)CN2Cc2sccc2C)n1. The normalized spacial score (nSPS) is 24.2. The van der Waals surface area contributed by atoms with Crippen molar-refractivity contribution >= 4 is 11.3 Å². The number of likely N-dealkylation sites (tertiary alicyclic amines) is 1. The van der Waals surface area contributed by atoms with Gasteiger partial charge in [0.15, 0.2) is 5.82 Å². The van der Waals surface area contributed by atoms with Crippen LogP contribution in [0.5, 0.6) is 0 Å². The molecule has 0 spiro atoms. The fourth-order valence-corrected chi connectivity index (χ4v) is 3.44. The fourth-order valence-electron chi connectivity index (χ4n) is 2.51. The minimum Gasteiger partial charge on any atom is -0.392 e. The van der Waals surface area contributed by atoms with E-state index in [-0.39, 0.29) is 12.1 Å². The highest BCUT2D eigenvalue weighted by Gasteiger charge is 2.35. The largest absolute Gasteiger partial charge is 0.392 e. The van der Waals surface area contributed by atoms with Crippen LogP contribution in [0.1, 0.15) is 34.6 Å². The molecule has 0 amide bonds. The maximum atomic E-state index is 9.91. The highest BCUT2D eigenvalue weighted by Crippen LogP contribution is 2.33. The van der Waals surface area contributed by atoms with Crippen LogP contribution >= 0.6 is 11.3 Å². The predicted molar refractivity (Wildman–Crippen MR) is 71.9 cm³/mol. The van der Waals surface area contributed by atoms with Crippen molar-refractivity contribution in [3.05, 3.63) is 33.6 Å². The Bertz CT molecular complexity index is 566. The number of aryl methyl sites for hydroxylation is 2. The molecule has 0 aliphatic carbocycles. The molecule has 0 unspecified atom stereocenters. The molecule has 1 fully saturated rings. The van der Waals surface area contributed by atoms with Gasteiger partial charge in [0.1, 0.15) is 0 Å². The lowest BCUT2D eigenvalue weighted by atomic mass is 10.2. The Kier molecular flexibility index (Phi) is 3.38. The molecule has 6 heteroatoms. The van der Waals surface area contributed by atoms with Gasteiger partial charge in [0.2, 0.25) is 5.89 Å². The number of β-amino-alcohol motifs (C(OH)–C–C–N with tert-alkyl or cyclic N) is 1. The van der Waals surface area contributed by atoms with Crippen LogP contribution in [0.25, 0.3) is 0 Å². The average molecular weight is 279 g/mol. The number of nitrogens with zero attached hydrogens (tertiary/aromatic N) is 3. The lowest BCUT2D eigenvalue weighted by Gasteiger charge is -2.20. The third-order valence-corrected chi connectivity index (χ3v) is 4.53. The zero-order valence-electron chi connectivity index (χ0n) is 11.0. The molecule has 0 aromatic carbocycles. The van der Waals surface area contributed by atoms with Crippen LogP contribution in [0, 0.1) is 13.8 Å². The molecule has 1 N–H and O–H groups in total. The smallest absolute Gasteiger partial charge is 0.244 e. The van der Waals surface area contributed by atoms with Gasteiger partial charge in [0.25, 0.3) is 0 Å². The van der Waals surface area contributed by atoms with Crippen molar-refractivity contribution in [2.24, 2.45) is 0 Å². The van der Waals surface area contributed by atoms with E-state index >= 15 is 0 Å². The zero-order chi connectivity index (χ0) is 13.4. The van der Waals surface area contributed by atoms with Gasteiger partial charge in [-0.05, 0) is 37.3 Å². The molecular weight excluding hydrogens is 262 g/mol. The van der Waals surface area contributed by atoms with Gasteiger partial charge >= 0.3 is 0 Å². The first-order chi connectivity index (χ1) is 9.13. The molecule has 2 atom stereocenters. The summed E-state index contributed by atoms with van der Waals surface area (Å²) in [6.07, 6.45) is 0.337. The third-order valence-electron chi connectivity index (χ3n) is 3.52. The summed E-state index contributed by atoms with van der Waals surface area (Å²) in [5.74, 6) is 1.26. The molecule has 3 rings (SSSR count). The second-order valence-electron chi connectivity index (χ2n) is 5.04. The second-order valence-corrected chi connectivity index (χ2v) is 6.04. The molecule has 5 nitrogen and oxygen atoms in total. The number of hydrogen-bond acceptors (Lipinski definition) is 6. The van der Waals surface area contributed by atoms with E-state index in [2.05, 4.69) is 33.4 Å². The van der Waals surface area contributed by atoms with E-state index in [0.717, 1.165) is 6.54 Å². The Hall–Kier alpha value is -1.24. The van der Waals surface area contributed by atoms with Gasteiger partial charge in [-0.1, -0.05) is 5.16 Å². The van der Waals surface area contributed by atoms with Crippen LogP contribution in [0.15, 0.2) is 16.0 Å². The van der Waals surface area contributed by atoms with Crippen molar-refractivity contribution < 1.29 is 9.63 Å². The Morgan fingerprint density at radius 1 is 1.53 bits per heavy atom. The zero-order valence-corrected chi connectivity index (χ0v) is 11.9.